The highest BCUT2D eigenvalue weighted by Gasteiger charge is 2.31. The second-order valence-corrected chi connectivity index (χ2v) is 12.4. The van der Waals surface area contributed by atoms with E-state index in [1.807, 2.05) is 0 Å². The normalized spacial score (nSPS) is 12.0. The maximum Gasteiger partial charge on any atom is 0.416 e. The quantitative estimate of drug-likeness (QED) is 0.118. The van der Waals surface area contributed by atoms with Gasteiger partial charge in [0.1, 0.15) is 17.7 Å². The van der Waals surface area contributed by atoms with Crippen molar-refractivity contribution in [3.05, 3.63) is 71.4 Å². The van der Waals surface area contributed by atoms with Gasteiger partial charge in [-0.1, -0.05) is 12.1 Å². The van der Waals surface area contributed by atoms with E-state index in [9.17, 15) is 36.0 Å². The number of nitriles is 1. The van der Waals surface area contributed by atoms with Crippen molar-refractivity contribution in [1.82, 2.24) is 24.6 Å². The van der Waals surface area contributed by atoms with E-state index in [0.29, 0.717) is 46.1 Å². The summed E-state index contributed by atoms with van der Waals surface area (Å²) in [6, 6.07) is 9.12. The molecule has 238 valence electrons. The fourth-order valence-corrected chi connectivity index (χ4v) is 5.16. The number of anilines is 3. The Hall–Kier alpha value is -4.79. The lowest BCUT2D eigenvalue weighted by Gasteiger charge is -2.12. The third-order valence-electron chi connectivity index (χ3n) is 6.71. The molecular formula is C28H29F4N9O3S. The Labute approximate surface area is 255 Å². The predicted octanol–water partition coefficient (Wildman–Crippen LogP) is 4.26. The number of alkyl halides is 3. The Morgan fingerprint density at radius 1 is 1.11 bits per heavy atom. The molecule has 12 nitrogen and oxygen atoms in total. The number of nitrogens with one attached hydrogen (secondary N) is 4. The third-order valence-corrected chi connectivity index (χ3v) is 8.56. The van der Waals surface area contributed by atoms with Gasteiger partial charge in [-0.2, -0.15) is 23.5 Å². The van der Waals surface area contributed by atoms with Crippen LogP contribution in [0.15, 0.2) is 48.8 Å². The highest BCUT2D eigenvalue weighted by molar-refractivity contribution is 7.90. The largest absolute Gasteiger partial charge is 0.416 e. The molecule has 0 aliphatic carbocycles. The number of nitrogen functional groups attached to an aromatic ring is 1. The van der Waals surface area contributed by atoms with Gasteiger partial charge in [-0.3, -0.25) is 0 Å². The van der Waals surface area contributed by atoms with Gasteiger partial charge in [0.25, 0.3) is 0 Å². The van der Waals surface area contributed by atoms with Crippen LogP contribution in [0.5, 0.6) is 0 Å². The molecule has 0 aliphatic heterocycles. The van der Waals surface area contributed by atoms with Crippen molar-refractivity contribution < 1.29 is 30.8 Å². The molecule has 0 radical (unpaired) electrons. The number of sulfonamides is 1. The number of urea groups is 1. The number of nitrogens with two attached hydrogens (primary N) is 1. The number of hydrogen-bond acceptors (Lipinski definition) is 8. The van der Waals surface area contributed by atoms with Gasteiger partial charge >= 0.3 is 12.2 Å². The van der Waals surface area contributed by atoms with Crippen molar-refractivity contribution in [2.45, 2.75) is 38.2 Å². The fraction of sp³-hybridized carbons (Fsp3) is 0.286. The number of aromatic nitrogens is 3. The van der Waals surface area contributed by atoms with Gasteiger partial charge in [-0.15, -0.1) is 0 Å². The average molecular weight is 648 g/mol. The summed E-state index contributed by atoms with van der Waals surface area (Å²) in [4.78, 5) is 16.5. The molecule has 0 aliphatic rings. The first kappa shape index (κ1) is 33.1. The standard InChI is InChI=1S/C28H29F4N9O3S/c1-16(2)45(43,44)38-12-11-35-14-23-20(9-10-33)24(25-26(34)36-15-37-41(23)25)17-3-6-19(7-4-17)39-27(42)40-22-13-18(28(30,31)32)5-8-21(22)29/h3-8,13,15-16,35,38H,9,11-12,14H2,1-2H3,(H2,34,36,37)(H2,39,40,42). The third kappa shape index (κ3) is 7.66. The van der Waals surface area contributed by atoms with Crippen molar-refractivity contribution in [3.8, 4) is 17.2 Å². The molecule has 0 spiro atoms. The lowest BCUT2D eigenvalue weighted by Crippen LogP contribution is -2.36. The number of carbonyl (C=O) groups is 1. The minimum absolute atomic E-state index is 0.0277. The Balaban J connectivity index is 1.56. The maximum absolute atomic E-state index is 14.1. The first-order chi connectivity index (χ1) is 21.2. The van der Waals surface area contributed by atoms with E-state index in [1.165, 1.54) is 18.5 Å². The van der Waals surface area contributed by atoms with Crippen LogP contribution in [0.4, 0.5) is 39.5 Å². The number of fused-ring (bicyclic) bond motifs is 1. The Morgan fingerprint density at radius 2 is 1.82 bits per heavy atom. The molecule has 4 aromatic rings. The molecule has 0 saturated carbocycles. The van der Waals surface area contributed by atoms with Crippen LogP contribution in [0.1, 0.15) is 30.7 Å². The molecule has 4 rings (SSSR count). The summed E-state index contributed by atoms with van der Waals surface area (Å²) < 4.78 is 81.2. The SMILES string of the molecule is CC(C)S(=O)(=O)NCCNCc1c(CC#N)c(-c2ccc(NC(=O)Nc3cc(C(F)(F)F)ccc3F)cc2)c2c(N)ncnn12. The van der Waals surface area contributed by atoms with Gasteiger partial charge in [0, 0.05) is 30.9 Å². The van der Waals surface area contributed by atoms with Gasteiger partial charge in [0.05, 0.1) is 34.7 Å². The van der Waals surface area contributed by atoms with Crippen LogP contribution in [0, 0.1) is 17.1 Å². The van der Waals surface area contributed by atoms with Crippen LogP contribution < -0.4 is 26.4 Å². The Kier molecular flexibility index (Phi) is 9.91. The summed E-state index contributed by atoms with van der Waals surface area (Å²) >= 11 is 0. The van der Waals surface area contributed by atoms with Crippen LogP contribution in [0.3, 0.4) is 0 Å². The fourth-order valence-electron chi connectivity index (χ4n) is 4.44. The van der Waals surface area contributed by atoms with Crippen molar-refractivity contribution in [2.75, 3.05) is 29.5 Å². The smallest absolute Gasteiger partial charge is 0.382 e. The molecule has 17 heteroatoms. The van der Waals surface area contributed by atoms with E-state index in [1.54, 1.807) is 30.5 Å². The molecule has 45 heavy (non-hydrogen) atoms. The highest BCUT2D eigenvalue weighted by atomic mass is 32.2. The summed E-state index contributed by atoms with van der Waals surface area (Å²) in [5.41, 5.74) is 7.48. The molecule has 0 unspecified atom stereocenters. The molecule has 0 atom stereocenters. The zero-order valence-electron chi connectivity index (χ0n) is 24.0. The van der Waals surface area contributed by atoms with E-state index < -0.39 is 44.5 Å². The molecular weight excluding hydrogens is 618 g/mol. The van der Waals surface area contributed by atoms with Crippen LogP contribution >= 0.6 is 0 Å². The summed E-state index contributed by atoms with van der Waals surface area (Å²) in [6.07, 6.45) is -3.48. The number of nitrogens with zero attached hydrogens (tertiary/aromatic N) is 4. The Morgan fingerprint density at radius 3 is 2.47 bits per heavy atom. The summed E-state index contributed by atoms with van der Waals surface area (Å²) in [5, 5.41) is 21.1. The first-order valence-corrected chi connectivity index (χ1v) is 15.0. The number of rotatable bonds is 11. The van der Waals surface area contributed by atoms with Crippen LogP contribution in [-0.2, 0) is 29.2 Å². The molecule has 0 saturated heterocycles. The van der Waals surface area contributed by atoms with Gasteiger partial charge in [0.2, 0.25) is 10.0 Å². The van der Waals surface area contributed by atoms with Crippen LogP contribution in [0.25, 0.3) is 16.6 Å². The molecule has 2 heterocycles. The molecule has 2 aromatic heterocycles. The number of benzene rings is 2. The minimum Gasteiger partial charge on any atom is -0.382 e. The van der Waals surface area contributed by atoms with Crippen molar-refractivity contribution >= 4 is 38.8 Å². The molecule has 2 amide bonds. The zero-order chi connectivity index (χ0) is 32.9. The van der Waals surface area contributed by atoms with Gasteiger partial charge in [-0.25, -0.2) is 31.8 Å². The monoisotopic (exact) mass is 647 g/mol. The van der Waals surface area contributed by atoms with Gasteiger partial charge in [-0.05, 0) is 55.3 Å². The molecule has 2 aromatic carbocycles. The van der Waals surface area contributed by atoms with Crippen LogP contribution in [0.2, 0.25) is 0 Å². The van der Waals surface area contributed by atoms with E-state index in [4.69, 9.17) is 5.73 Å². The molecule has 0 bridgehead atoms. The van der Waals surface area contributed by atoms with Crippen molar-refractivity contribution in [2.24, 2.45) is 0 Å². The number of hydrogen-bond donors (Lipinski definition) is 5. The van der Waals surface area contributed by atoms with E-state index in [0.717, 1.165) is 0 Å². The van der Waals surface area contributed by atoms with E-state index in [-0.39, 0.29) is 37.6 Å². The number of carbonyl (C=O) groups excluding carboxylic acids is 1. The predicted molar refractivity (Wildman–Crippen MR) is 160 cm³/mol. The Bertz CT molecular complexity index is 1850. The second kappa shape index (κ2) is 13.5. The summed E-state index contributed by atoms with van der Waals surface area (Å²) in [7, 11) is -3.43. The lowest BCUT2D eigenvalue weighted by atomic mass is 9.98. The zero-order valence-corrected chi connectivity index (χ0v) is 24.9. The minimum atomic E-state index is -4.72. The van der Waals surface area contributed by atoms with E-state index in [2.05, 4.69) is 36.8 Å². The molecule has 0 fully saturated rings. The van der Waals surface area contributed by atoms with Crippen molar-refractivity contribution in [1.29, 1.82) is 5.26 Å². The van der Waals surface area contributed by atoms with E-state index >= 15 is 0 Å². The molecule has 6 N–H and O–H groups in total. The number of amides is 2. The number of halogens is 4. The first-order valence-electron chi connectivity index (χ1n) is 13.5. The average Bonchev–Trinajstić information content (AvgIpc) is 3.28. The highest BCUT2D eigenvalue weighted by Crippen LogP contribution is 2.36. The van der Waals surface area contributed by atoms with Gasteiger partial charge < -0.3 is 21.7 Å². The second-order valence-electron chi connectivity index (χ2n) is 10.1. The maximum atomic E-state index is 14.1. The topological polar surface area (TPSA) is 179 Å². The van der Waals surface area contributed by atoms with Crippen LogP contribution in [-0.4, -0.2) is 47.4 Å². The lowest BCUT2D eigenvalue weighted by molar-refractivity contribution is -0.137. The summed E-state index contributed by atoms with van der Waals surface area (Å²) in [5.74, 6) is -0.902. The summed E-state index contributed by atoms with van der Waals surface area (Å²) in [6.45, 7) is 3.78. The van der Waals surface area contributed by atoms with Gasteiger partial charge in [0.15, 0.2) is 5.82 Å². The van der Waals surface area contributed by atoms with Crippen molar-refractivity contribution in [3.63, 3.8) is 0 Å².